The van der Waals surface area contributed by atoms with Crippen molar-refractivity contribution in [3.8, 4) is 6.07 Å². The van der Waals surface area contributed by atoms with Crippen molar-refractivity contribution in [3.63, 3.8) is 0 Å². The van der Waals surface area contributed by atoms with Gasteiger partial charge in [-0.15, -0.1) is 0 Å². The lowest BCUT2D eigenvalue weighted by molar-refractivity contribution is 0.362. The van der Waals surface area contributed by atoms with Crippen molar-refractivity contribution < 1.29 is 4.21 Å². The lowest BCUT2D eigenvalue weighted by Crippen LogP contribution is -2.39. The minimum Gasteiger partial charge on any atom is -0.259 e. The van der Waals surface area contributed by atoms with Gasteiger partial charge in [0.25, 0.3) is 0 Å². The van der Waals surface area contributed by atoms with Crippen molar-refractivity contribution in [1.29, 1.82) is 5.26 Å². The molecular formula is C10H15NOS. The first-order valence-corrected chi connectivity index (χ1v) is 6.35. The van der Waals surface area contributed by atoms with Crippen LogP contribution in [0.1, 0.15) is 38.5 Å². The quantitative estimate of drug-likeness (QED) is 0.645. The van der Waals surface area contributed by atoms with Gasteiger partial charge in [0.15, 0.2) is 0 Å². The molecule has 2 rings (SSSR count). The Morgan fingerprint density at radius 1 is 1.31 bits per heavy atom. The zero-order valence-electron chi connectivity index (χ0n) is 7.74. The summed E-state index contributed by atoms with van der Waals surface area (Å²) in [5.41, 5.74) is 0. The Labute approximate surface area is 81.8 Å². The van der Waals surface area contributed by atoms with E-state index in [0.29, 0.717) is 22.8 Å². The Bertz CT molecular complexity index is 242. The first kappa shape index (κ1) is 9.21. The van der Waals surface area contributed by atoms with E-state index in [0.717, 1.165) is 25.7 Å². The van der Waals surface area contributed by atoms with Gasteiger partial charge >= 0.3 is 0 Å². The van der Waals surface area contributed by atoms with Crippen LogP contribution in [0.2, 0.25) is 0 Å². The molecule has 2 aliphatic heterocycles. The van der Waals surface area contributed by atoms with Gasteiger partial charge in [0, 0.05) is 27.7 Å². The van der Waals surface area contributed by atoms with E-state index in [9.17, 15) is 4.21 Å². The fourth-order valence-electron chi connectivity index (χ4n) is 2.64. The predicted molar refractivity (Wildman–Crippen MR) is 52.5 cm³/mol. The molecule has 2 bridgehead atoms. The van der Waals surface area contributed by atoms with Gasteiger partial charge in [0.2, 0.25) is 0 Å². The number of rotatable bonds is 1. The average Bonchev–Trinajstić information content (AvgIpc) is 2.07. The highest BCUT2D eigenvalue weighted by molar-refractivity contribution is 7.86. The minimum absolute atomic E-state index is 0.422. The first-order valence-electron chi connectivity index (χ1n) is 5.07. The van der Waals surface area contributed by atoms with E-state index in [2.05, 4.69) is 6.07 Å². The molecule has 2 aliphatic rings. The number of nitriles is 1. The largest absolute Gasteiger partial charge is 0.259 e. The molecule has 2 saturated heterocycles. The van der Waals surface area contributed by atoms with Crippen molar-refractivity contribution in [3.05, 3.63) is 0 Å². The van der Waals surface area contributed by atoms with Crippen molar-refractivity contribution in [2.45, 2.75) is 49.0 Å². The van der Waals surface area contributed by atoms with Crippen molar-refractivity contribution in [2.24, 2.45) is 5.92 Å². The number of nitrogens with zero attached hydrogens (tertiary/aromatic N) is 1. The lowest BCUT2D eigenvalue weighted by atomic mass is 9.88. The minimum atomic E-state index is -0.570. The molecule has 3 heteroatoms. The molecule has 0 amide bonds. The highest BCUT2D eigenvalue weighted by Gasteiger charge is 2.37. The van der Waals surface area contributed by atoms with Crippen LogP contribution >= 0.6 is 0 Å². The molecule has 0 saturated carbocycles. The van der Waals surface area contributed by atoms with Crippen LogP contribution in [0.25, 0.3) is 0 Å². The summed E-state index contributed by atoms with van der Waals surface area (Å²) in [4.78, 5) is 0. The van der Waals surface area contributed by atoms with E-state index >= 15 is 0 Å². The van der Waals surface area contributed by atoms with E-state index in [-0.39, 0.29) is 0 Å². The van der Waals surface area contributed by atoms with Gasteiger partial charge in [0.1, 0.15) is 0 Å². The smallest absolute Gasteiger partial charge is 0.0624 e. The van der Waals surface area contributed by atoms with Gasteiger partial charge in [-0.3, -0.25) is 4.21 Å². The number of hydrogen-bond acceptors (Lipinski definition) is 2. The summed E-state index contributed by atoms with van der Waals surface area (Å²) in [5, 5.41) is 9.47. The second kappa shape index (κ2) is 3.79. The molecular weight excluding hydrogens is 182 g/mol. The van der Waals surface area contributed by atoms with Crippen LogP contribution in [0.5, 0.6) is 0 Å². The van der Waals surface area contributed by atoms with E-state index in [1.165, 1.54) is 6.42 Å². The normalized spacial score (nSPS) is 43.9. The summed E-state index contributed by atoms with van der Waals surface area (Å²) < 4.78 is 11.8. The Kier molecular flexibility index (Phi) is 2.69. The Balaban J connectivity index is 2.04. The maximum atomic E-state index is 11.8. The van der Waals surface area contributed by atoms with Gasteiger partial charge in [-0.25, -0.2) is 0 Å². The molecule has 2 atom stereocenters. The number of fused-ring (bicyclic) bond motifs is 2. The zero-order valence-corrected chi connectivity index (χ0v) is 8.55. The van der Waals surface area contributed by atoms with Crippen LogP contribution in [0.4, 0.5) is 0 Å². The summed E-state index contributed by atoms with van der Waals surface area (Å²) in [6.07, 6.45) is 6.26. The summed E-state index contributed by atoms with van der Waals surface area (Å²) in [5.74, 6) is 0.540. The third kappa shape index (κ3) is 1.78. The topological polar surface area (TPSA) is 40.9 Å². The lowest BCUT2D eigenvalue weighted by Gasteiger charge is -2.37. The fraction of sp³-hybridized carbons (Fsp3) is 0.900. The van der Waals surface area contributed by atoms with E-state index in [4.69, 9.17) is 5.26 Å². The summed E-state index contributed by atoms with van der Waals surface area (Å²) >= 11 is 0. The first-order chi connectivity index (χ1) is 6.31. The van der Waals surface area contributed by atoms with Gasteiger partial charge < -0.3 is 0 Å². The molecule has 2 fully saturated rings. The highest BCUT2D eigenvalue weighted by Crippen LogP contribution is 2.37. The van der Waals surface area contributed by atoms with Crippen molar-refractivity contribution in [1.82, 2.24) is 0 Å². The zero-order chi connectivity index (χ0) is 9.26. The van der Waals surface area contributed by atoms with Crippen LogP contribution in [0.15, 0.2) is 0 Å². The standard InChI is InChI=1S/C10H15NOS/c11-5-4-8-6-9-2-1-3-10(7-8)13(9)12/h8-10H,1-4,6-7H2. The van der Waals surface area contributed by atoms with Crippen molar-refractivity contribution in [2.75, 3.05) is 0 Å². The Morgan fingerprint density at radius 3 is 2.46 bits per heavy atom. The molecule has 0 N–H and O–H groups in total. The van der Waals surface area contributed by atoms with E-state index in [1.807, 2.05) is 0 Å². The molecule has 0 radical (unpaired) electrons. The summed E-state index contributed by atoms with van der Waals surface area (Å²) in [6.45, 7) is 0. The molecule has 0 aromatic carbocycles. The van der Waals surface area contributed by atoms with E-state index < -0.39 is 10.8 Å². The van der Waals surface area contributed by atoms with Gasteiger partial charge in [-0.1, -0.05) is 6.42 Å². The van der Waals surface area contributed by atoms with Crippen LogP contribution in [0.3, 0.4) is 0 Å². The van der Waals surface area contributed by atoms with Gasteiger partial charge in [-0.05, 0) is 31.6 Å². The van der Waals surface area contributed by atoms with Crippen LogP contribution in [-0.2, 0) is 10.8 Å². The third-order valence-electron chi connectivity index (χ3n) is 3.28. The molecule has 13 heavy (non-hydrogen) atoms. The highest BCUT2D eigenvalue weighted by atomic mass is 32.2. The third-order valence-corrected chi connectivity index (χ3v) is 5.45. The maximum absolute atomic E-state index is 11.8. The molecule has 0 aromatic heterocycles. The number of hydrogen-bond donors (Lipinski definition) is 0. The maximum Gasteiger partial charge on any atom is 0.0624 e. The van der Waals surface area contributed by atoms with Gasteiger partial charge in [-0.2, -0.15) is 5.26 Å². The second-order valence-electron chi connectivity index (χ2n) is 4.20. The van der Waals surface area contributed by atoms with Crippen LogP contribution in [0, 0.1) is 17.2 Å². The second-order valence-corrected chi connectivity index (χ2v) is 6.19. The molecule has 2 unspecified atom stereocenters. The Hall–Kier alpha value is -0.360. The molecule has 2 nitrogen and oxygen atoms in total. The fourth-order valence-corrected chi connectivity index (χ4v) is 4.90. The van der Waals surface area contributed by atoms with Crippen molar-refractivity contribution >= 4 is 10.8 Å². The average molecular weight is 197 g/mol. The van der Waals surface area contributed by atoms with Gasteiger partial charge in [0.05, 0.1) is 6.07 Å². The molecule has 0 aliphatic carbocycles. The summed E-state index contributed by atoms with van der Waals surface area (Å²) in [6, 6.07) is 2.24. The van der Waals surface area contributed by atoms with Crippen LogP contribution < -0.4 is 0 Å². The monoisotopic (exact) mass is 197 g/mol. The molecule has 0 aromatic rings. The molecule has 72 valence electrons. The molecule has 2 heterocycles. The molecule has 0 spiro atoms. The SMILES string of the molecule is N#CCC1CC2CCCC(C1)S2=O. The Morgan fingerprint density at radius 2 is 1.92 bits per heavy atom. The summed E-state index contributed by atoms with van der Waals surface area (Å²) in [7, 11) is -0.570. The van der Waals surface area contributed by atoms with Crippen LogP contribution in [-0.4, -0.2) is 14.7 Å². The van der Waals surface area contributed by atoms with E-state index in [1.54, 1.807) is 0 Å². The predicted octanol–water partition coefficient (Wildman–Crippen LogP) is 1.98.